The highest BCUT2D eigenvalue weighted by molar-refractivity contribution is 5.33. The first-order valence-electron chi connectivity index (χ1n) is 8.10. The van der Waals surface area contributed by atoms with Crippen LogP contribution in [-0.4, -0.2) is 30.4 Å². The van der Waals surface area contributed by atoms with E-state index in [0.717, 1.165) is 43.8 Å². The molecule has 1 unspecified atom stereocenters. The number of hydrogen-bond acceptors (Lipinski definition) is 3. The molecule has 1 atom stereocenters. The van der Waals surface area contributed by atoms with E-state index in [0.29, 0.717) is 12.6 Å². The zero-order chi connectivity index (χ0) is 15.3. The highest BCUT2D eigenvalue weighted by atomic mass is 16.5. The van der Waals surface area contributed by atoms with Crippen LogP contribution >= 0.6 is 0 Å². The van der Waals surface area contributed by atoms with Crippen molar-refractivity contribution in [1.82, 2.24) is 5.32 Å². The molecule has 1 aliphatic carbocycles. The maximum Gasteiger partial charge on any atom is 0.122 e. The molecule has 0 aromatic heterocycles. The van der Waals surface area contributed by atoms with Gasteiger partial charge < -0.3 is 15.2 Å². The first-order chi connectivity index (χ1) is 10.0. The fourth-order valence-corrected chi connectivity index (χ4v) is 3.11. The van der Waals surface area contributed by atoms with Crippen molar-refractivity contribution in [2.24, 2.45) is 5.92 Å². The lowest BCUT2D eigenvalue weighted by Crippen LogP contribution is -2.46. The van der Waals surface area contributed by atoms with Crippen LogP contribution in [0.15, 0.2) is 24.3 Å². The highest BCUT2D eigenvalue weighted by Gasteiger charge is 2.31. The molecule has 0 heterocycles. The summed E-state index contributed by atoms with van der Waals surface area (Å²) in [4.78, 5) is 0. The smallest absolute Gasteiger partial charge is 0.122 e. The molecular formula is C18H29NO2. The first kappa shape index (κ1) is 16.3. The van der Waals surface area contributed by atoms with E-state index in [1.807, 2.05) is 18.2 Å². The molecule has 1 aliphatic rings. The van der Waals surface area contributed by atoms with E-state index in [1.54, 1.807) is 7.11 Å². The number of nitrogens with one attached hydrogen (secondary N) is 1. The van der Waals surface area contributed by atoms with Crippen molar-refractivity contribution >= 4 is 0 Å². The van der Waals surface area contributed by atoms with Gasteiger partial charge in [0.15, 0.2) is 0 Å². The number of para-hydroxylation sites is 1. The number of ether oxygens (including phenoxy) is 1. The minimum Gasteiger partial charge on any atom is -0.496 e. The molecule has 0 bridgehead atoms. The van der Waals surface area contributed by atoms with E-state index in [1.165, 1.54) is 5.56 Å². The summed E-state index contributed by atoms with van der Waals surface area (Å²) in [5, 5.41) is 14.1. The topological polar surface area (TPSA) is 41.5 Å². The summed E-state index contributed by atoms with van der Waals surface area (Å²) < 4.78 is 5.40. The second-order valence-corrected chi connectivity index (χ2v) is 6.70. The van der Waals surface area contributed by atoms with Gasteiger partial charge in [-0.2, -0.15) is 0 Å². The molecule has 3 heteroatoms. The zero-order valence-corrected chi connectivity index (χ0v) is 13.6. The average Bonchev–Trinajstić information content (AvgIpc) is 2.49. The molecule has 1 fully saturated rings. The molecule has 3 nitrogen and oxygen atoms in total. The largest absolute Gasteiger partial charge is 0.496 e. The summed E-state index contributed by atoms with van der Waals surface area (Å²) in [6, 6.07) is 8.46. The highest BCUT2D eigenvalue weighted by Crippen LogP contribution is 2.31. The molecular weight excluding hydrogens is 262 g/mol. The van der Waals surface area contributed by atoms with E-state index in [-0.39, 0.29) is 0 Å². The molecule has 1 saturated carbocycles. The van der Waals surface area contributed by atoms with Crippen LogP contribution < -0.4 is 10.1 Å². The van der Waals surface area contributed by atoms with E-state index >= 15 is 0 Å². The summed E-state index contributed by atoms with van der Waals surface area (Å²) in [6.07, 6.45) is 5.03. The second kappa shape index (κ2) is 7.28. The van der Waals surface area contributed by atoms with Gasteiger partial charge in [-0.15, -0.1) is 0 Å². The van der Waals surface area contributed by atoms with Crippen LogP contribution in [0.1, 0.15) is 45.1 Å². The normalized spacial score (nSPS) is 27.3. The van der Waals surface area contributed by atoms with Crippen molar-refractivity contribution in [3.8, 4) is 5.75 Å². The van der Waals surface area contributed by atoms with Crippen molar-refractivity contribution in [2.75, 3.05) is 13.7 Å². The molecule has 0 spiro atoms. The minimum absolute atomic E-state index is 0.324. The number of benzene rings is 1. The molecule has 2 N–H and O–H groups in total. The van der Waals surface area contributed by atoms with E-state index in [4.69, 9.17) is 4.74 Å². The summed E-state index contributed by atoms with van der Waals surface area (Å²) in [6.45, 7) is 5.13. The fourth-order valence-electron chi connectivity index (χ4n) is 3.11. The zero-order valence-electron chi connectivity index (χ0n) is 13.6. The lowest BCUT2D eigenvalue weighted by molar-refractivity contribution is -0.00778. The van der Waals surface area contributed by atoms with Crippen molar-refractivity contribution in [2.45, 2.75) is 57.6 Å². The Morgan fingerprint density at radius 2 is 2.00 bits per heavy atom. The van der Waals surface area contributed by atoms with Crippen LogP contribution in [-0.2, 0) is 6.42 Å². The van der Waals surface area contributed by atoms with Gasteiger partial charge in [-0.05, 0) is 56.6 Å². The number of aliphatic hydroxyl groups is 1. The van der Waals surface area contributed by atoms with Crippen LogP contribution in [0.4, 0.5) is 0 Å². The van der Waals surface area contributed by atoms with Crippen molar-refractivity contribution < 1.29 is 9.84 Å². The van der Waals surface area contributed by atoms with Gasteiger partial charge in [-0.25, -0.2) is 0 Å². The molecule has 0 saturated heterocycles. The van der Waals surface area contributed by atoms with E-state index in [9.17, 15) is 5.11 Å². The molecule has 0 radical (unpaired) electrons. The molecule has 118 valence electrons. The lowest BCUT2D eigenvalue weighted by atomic mass is 9.79. The Morgan fingerprint density at radius 3 is 2.67 bits per heavy atom. The predicted octanol–water partition coefficient (Wildman–Crippen LogP) is 3.16. The summed E-state index contributed by atoms with van der Waals surface area (Å²) in [5.74, 6) is 1.70. The Morgan fingerprint density at radius 1 is 1.33 bits per heavy atom. The summed E-state index contributed by atoms with van der Waals surface area (Å²) in [7, 11) is 1.71. The third kappa shape index (κ3) is 4.72. The molecule has 21 heavy (non-hydrogen) atoms. The molecule has 1 aromatic rings. The molecule has 0 aliphatic heterocycles. The Kier molecular flexibility index (Phi) is 5.65. The molecule has 2 rings (SSSR count). The Labute approximate surface area is 128 Å². The van der Waals surface area contributed by atoms with E-state index < -0.39 is 5.60 Å². The van der Waals surface area contributed by atoms with Crippen LogP contribution in [0.25, 0.3) is 0 Å². The first-order valence-corrected chi connectivity index (χ1v) is 8.10. The maximum absolute atomic E-state index is 10.6. The van der Waals surface area contributed by atoms with Gasteiger partial charge in [-0.1, -0.05) is 25.1 Å². The summed E-state index contributed by atoms with van der Waals surface area (Å²) >= 11 is 0. The van der Waals surface area contributed by atoms with Crippen molar-refractivity contribution in [3.05, 3.63) is 29.8 Å². The van der Waals surface area contributed by atoms with Gasteiger partial charge in [0.1, 0.15) is 5.75 Å². The lowest BCUT2D eigenvalue weighted by Gasteiger charge is -2.36. The molecule has 1 aromatic carbocycles. The number of methoxy groups -OCH3 is 1. The third-order valence-electron chi connectivity index (χ3n) is 4.70. The van der Waals surface area contributed by atoms with Gasteiger partial charge in [0.2, 0.25) is 0 Å². The second-order valence-electron chi connectivity index (χ2n) is 6.70. The Bertz CT molecular complexity index is 439. The molecule has 0 amide bonds. The van der Waals surface area contributed by atoms with Crippen molar-refractivity contribution in [1.29, 1.82) is 0 Å². The van der Waals surface area contributed by atoms with Crippen molar-refractivity contribution in [3.63, 3.8) is 0 Å². The van der Waals surface area contributed by atoms with Gasteiger partial charge in [0.05, 0.1) is 12.7 Å². The van der Waals surface area contributed by atoms with Gasteiger partial charge in [0.25, 0.3) is 0 Å². The SMILES string of the molecule is COc1ccccc1CC(C)NCC1(O)CCC(C)CC1. The fraction of sp³-hybridized carbons (Fsp3) is 0.667. The predicted molar refractivity (Wildman–Crippen MR) is 86.7 cm³/mol. The Hall–Kier alpha value is -1.06. The van der Waals surface area contributed by atoms with Gasteiger partial charge in [-0.3, -0.25) is 0 Å². The minimum atomic E-state index is -0.512. The summed E-state index contributed by atoms with van der Waals surface area (Å²) in [5.41, 5.74) is 0.700. The van der Waals surface area contributed by atoms with Gasteiger partial charge in [0, 0.05) is 12.6 Å². The van der Waals surface area contributed by atoms with Crippen LogP contribution in [0, 0.1) is 5.92 Å². The van der Waals surface area contributed by atoms with E-state index in [2.05, 4.69) is 25.2 Å². The van der Waals surface area contributed by atoms with Crippen LogP contribution in [0.2, 0.25) is 0 Å². The van der Waals surface area contributed by atoms with Gasteiger partial charge >= 0.3 is 0 Å². The number of rotatable bonds is 6. The Balaban J connectivity index is 1.83. The van der Waals surface area contributed by atoms with Crippen LogP contribution in [0.5, 0.6) is 5.75 Å². The average molecular weight is 291 g/mol. The van der Waals surface area contributed by atoms with Crippen LogP contribution in [0.3, 0.4) is 0 Å². The standard InChI is InChI=1S/C18H29NO2/c1-14-8-10-18(20,11-9-14)13-19-15(2)12-16-6-4-5-7-17(16)21-3/h4-7,14-15,19-20H,8-13H2,1-3H3. The third-order valence-corrected chi connectivity index (χ3v) is 4.70. The number of hydrogen-bond donors (Lipinski definition) is 2. The maximum atomic E-state index is 10.6. The quantitative estimate of drug-likeness (QED) is 0.846. The monoisotopic (exact) mass is 291 g/mol.